The summed E-state index contributed by atoms with van der Waals surface area (Å²) in [6.45, 7) is 0.583. The highest BCUT2D eigenvalue weighted by Gasteiger charge is 2.14. The van der Waals surface area contributed by atoms with Gasteiger partial charge < -0.3 is 34.3 Å². The molecule has 0 aromatic heterocycles. The molecule has 0 bridgehead atoms. The van der Waals surface area contributed by atoms with Crippen LogP contribution in [0.4, 0.5) is 4.79 Å². The van der Waals surface area contributed by atoms with Gasteiger partial charge in [-0.25, -0.2) is 4.79 Å². The molecule has 0 atom stereocenters. The second kappa shape index (κ2) is 10.1. The predicted octanol–water partition coefficient (Wildman–Crippen LogP) is 2.73. The highest BCUT2D eigenvalue weighted by Crippen LogP contribution is 2.38. The van der Waals surface area contributed by atoms with Crippen molar-refractivity contribution < 1.29 is 28.5 Å². The molecule has 8 nitrogen and oxygen atoms in total. The van der Waals surface area contributed by atoms with E-state index in [0.717, 1.165) is 11.1 Å². The molecule has 2 N–H and O–H groups in total. The van der Waals surface area contributed by atoms with Gasteiger partial charge in [0, 0.05) is 18.7 Å². The summed E-state index contributed by atoms with van der Waals surface area (Å²) < 4.78 is 26.5. The van der Waals surface area contributed by atoms with Crippen molar-refractivity contribution in [3.63, 3.8) is 0 Å². The van der Waals surface area contributed by atoms with Crippen LogP contribution in [0.15, 0.2) is 30.3 Å². The number of carbonyl (C=O) groups is 1. The predicted molar refractivity (Wildman–Crippen MR) is 105 cm³/mol. The first-order valence-electron chi connectivity index (χ1n) is 8.57. The van der Waals surface area contributed by atoms with Crippen LogP contribution in [0.1, 0.15) is 11.1 Å². The number of nitrogens with one attached hydrogen (secondary N) is 2. The Morgan fingerprint density at radius 3 is 1.89 bits per heavy atom. The van der Waals surface area contributed by atoms with Crippen LogP contribution in [0.2, 0.25) is 0 Å². The molecule has 8 heteroatoms. The van der Waals surface area contributed by atoms with Gasteiger partial charge in [-0.15, -0.1) is 0 Å². The third-order valence-electron chi connectivity index (χ3n) is 4.10. The largest absolute Gasteiger partial charge is 0.497 e. The minimum atomic E-state index is -0.321. The van der Waals surface area contributed by atoms with Gasteiger partial charge >= 0.3 is 6.03 Å². The van der Waals surface area contributed by atoms with Crippen molar-refractivity contribution in [3.8, 4) is 28.7 Å². The van der Waals surface area contributed by atoms with Gasteiger partial charge in [0.05, 0.1) is 35.5 Å². The fourth-order valence-electron chi connectivity index (χ4n) is 2.68. The maximum Gasteiger partial charge on any atom is 0.315 e. The summed E-state index contributed by atoms with van der Waals surface area (Å²) in [7, 11) is 7.79. The third-order valence-corrected chi connectivity index (χ3v) is 4.10. The van der Waals surface area contributed by atoms with E-state index in [2.05, 4.69) is 10.6 Å². The zero-order valence-corrected chi connectivity index (χ0v) is 16.8. The Bertz CT molecular complexity index is 784. The molecule has 0 fully saturated rings. The number of benzene rings is 2. The Kier molecular flexibility index (Phi) is 7.62. The number of ether oxygens (including phenoxy) is 5. The normalized spacial score (nSPS) is 10.0. The first-order chi connectivity index (χ1) is 13.6. The van der Waals surface area contributed by atoms with E-state index in [4.69, 9.17) is 23.7 Å². The standard InChI is InChI=1S/C20H26N2O6/c1-24-15-6-7-16(25-2)14(10-15)12-22-20(23)21-11-13-8-17(26-3)19(28-5)18(9-13)27-4/h6-10H,11-12H2,1-5H3,(H2,21,22,23). The highest BCUT2D eigenvalue weighted by atomic mass is 16.5. The average molecular weight is 390 g/mol. The van der Waals surface area contributed by atoms with Crippen LogP contribution in [-0.4, -0.2) is 41.6 Å². The van der Waals surface area contributed by atoms with Crippen LogP contribution in [-0.2, 0) is 13.1 Å². The van der Waals surface area contributed by atoms with E-state index >= 15 is 0 Å². The van der Waals surface area contributed by atoms with Crippen molar-refractivity contribution in [2.75, 3.05) is 35.5 Å². The number of hydrogen-bond acceptors (Lipinski definition) is 6. The second-order valence-electron chi connectivity index (χ2n) is 5.75. The maximum atomic E-state index is 12.2. The van der Waals surface area contributed by atoms with Crippen LogP contribution in [0.3, 0.4) is 0 Å². The Morgan fingerprint density at radius 1 is 0.750 bits per heavy atom. The lowest BCUT2D eigenvalue weighted by Crippen LogP contribution is -2.34. The molecule has 28 heavy (non-hydrogen) atoms. The van der Waals surface area contributed by atoms with Gasteiger partial charge in [-0.05, 0) is 35.9 Å². The molecule has 0 heterocycles. The lowest BCUT2D eigenvalue weighted by molar-refractivity contribution is 0.240. The fourth-order valence-corrected chi connectivity index (χ4v) is 2.68. The van der Waals surface area contributed by atoms with Crippen LogP contribution in [0.5, 0.6) is 28.7 Å². The van der Waals surface area contributed by atoms with E-state index in [-0.39, 0.29) is 12.6 Å². The van der Waals surface area contributed by atoms with E-state index in [0.29, 0.717) is 35.3 Å². The van der Waals surface area contributed by atoms with Gasteiger partial charge in [0.25, 0.3) is 0 Å². The zero-order valence-electron chi connectivity index (χ0n) is 16.8. The Morgan fingerprint density at radius 2 is 1.36 bits per heavy atom. The summed E-state index contributed by atoms with van der Waals surface area (Å²) in [6.07, 6.45) is 0. The zero-order chi connectivity index (χ0) is 20.5. The second-order valence-corrected chi connectivity index (χ2v) is 5.75. The quantitative estimate of drug-likeness (QED) is 0.685. The molecule has 152 valence electrons. The number of hydrogen-bond donors (Lipinski definition) is 2. The first kappa shape index (κ1) is 21.0. The monoisotopic (exact) mass is 390 g/mol. The number of amides is 2. The lowest BCUT2D eigenvalue weighted by atomic mass is 10.1. The van der Waals surface area contributed by atoms with Crippen molar-refractivity contribution in [2.24, 2.45) is 0 Å². The van der Waals surface area contributed by atoms with Gasteiger partial charge in [0.1, 0.15) is 11.5 Å². The molecule has 0 aliphatic heterocycles. The summed E-state index contributed by atoms with van der Waals surface area (Å²) in [6, 6.07) is 8.66. The molecule has 0 radical (unpaired) electrons. The molecular weight excluding hydrogens is 364 g/mol. The van der Waals surface area contributed by atoms with Crippen LogP contribution in [0.25, 0.3) is 0 Å². The van der Waals surface area contributed by atoms with Crippen molar-refractivity contribution >= 4 is 6.03 Å². The Balaban J connectivity index is 2.00. The van der Waals surface area contributed by atoms with Crippen molar-refractivity contribution in [2.45, 2.75) is 13.1 Å². The number of methoxy groups -OCH3 is 5. The average Bonchev–Trinajstić information content (AvgIpc) is 2.74. The summed E-state index contributed by atoms with van der Waals surface area (Å²) >= 11 is 0. The molecule has 2 aromatic rings. The summed E-state index contributed by atoms with van der Waals surface area (Å²) in [4.78, 5) is 12.2. The Hall–Kier alpha value is -3.29. The topological polar surface area (TPSA) is 87.3 Å². The van der Waals surface area contributed by atoms with Gasteiger partial charge in [-0.3, -0.25) is 0 Å². The first-order valence-corrected chi connectivity index (χ1v) is 8.57. The molecule has 2 aromatic carbocycles. The fraction of sp³-hybridized carbons (Fsp3) is 0.350. The molecule has 0 saturated heterocycles. The smallest absolute Gasteiger partial charge is 0.315 e. The van der Waals surface area contributed by atoms with E-state index in [1.807, 2.05) is 6.07 Å². The summed E-state index contributed by atoms with van der Waals surface area (Å²) in [5.74, 6) is 2.92. The molecule has 0 saturated carbocycles. The minimum absolute atomic E-state index is 0.289. The van der Waals surface area contributed by atoms with E-state index in [1.165, 1.54) is 0 Å². The Labute approximate surface area is 164 Å². The van der Waals surface area contributed by atoms with Gasteiger partial charge in [0.15, 0.2) is 11.5 Å². The van der Waals surface area contributed by atoms with Crippen molar-refractivity contribution in [1.82, 2.24) is 10.6 Å². The molecule has 0 aliphatic rings. The summed E-state index contributed by atoms with van der Waals surface area (Å²) in [5.41, 5.74) is 1.62. The number of carbonyl (C=O) groups excluding carboxylic acids is 1. The van der Waals surface area contributed by atoms with Gasteiger partial charge in [0.2, 0.25) is 5.75 Å². The van der Waals surface area contributed by atoms with E-state index in [9.17, 15) is 4.79 Å². The summed E-state index contributed by atoms with van der Waals surface area (Å²) in [5, 5.41) is 5.60. The van der Waals surface area contributed by atoms with Crippen LogP contribution < -0.4 is 34.3 Å². The minimum Gasteiger partial charge on any atom is -0.497 e. The molecule has 2 rings (SSSR count). The van der Waals surface area contributed by atoms with Gasteiger partial charge in [-0.1, -0.05) is 0 Å². The number of rotatable bonds is 9. The number of urea groups is 1. The van der Waals surface area contributed by atoms with E-state index < -0.39 is 0 Å². The highest BCUT2D eigenvalue weighted by molar-refractivity contribution is 5.74. The van der Waals surface area contributed by atoms with Crippen molar-refractivity contribution in [3.05, 3.63) is 41.5 Å². The SMILES string of the molecule is COc1ccc(OC)c(CNC(=O)NCc2cc(OC)c(OC)c(OC)c2)c1. The van der Waals surface area contributed by atoms with Crippen LogP contribution in [0, 0.1) is 0 Å². The molecule has 0 aliphatic carbocycles. The molecular formula is C20H26N2O6. The van der Waals surface area contributed by atoms with Crippen molar-refractivity contribution in [1.29, 1.82) is 0 Å². The third kappa shape index (κ3) is 5.12. The van der Waals surface area contributed by atoms with Gasteiger partial charge in [-0.2, -0.15) is 0 Å². The molecule has 0 spiro atoms. The maximum absolute atomic E-state index is 12.2. The molecule has 0 unspecified atom stereocenters. The lowest BCUT2D eigenvalue weighted by Gasteiger charge is -2.15. The van der Waals surface area contributed by atoms with E-state index in [1.54, 1.807) is 59.8 Å². The molecule has 2 amide bonds. The van der Waals surface area contributed by atoms with Crippen LogP contribution >= 0.6 is 0 Å².